The van der Waals surface area contributed by atoms with E-state index in [4.69, 9.17) is 14.2 Å². The van der Waals surface area contributed by atoms with Gasteiger partial charge in [-0.3, -0.25) is 9.79 Å². The third-order valence-corrected chi connectivity index (χ3v) is 5.87. The molecule has 2 aliphatic heterocycles. The van der Waals surface area contributed by atoms with Gasteiger partial charge in [0.15, 0.2) is 17.5 Å². The number of nitrogens with one attached hydrogen (secondary N) is 1. The van der Waals surface area contributed by atoms with E-state index in [0.29, 0.717) is 22.7 Å². The minimum Gasteiger partial charge on any atom is -0.463 e. The molecule has 0 saturated heterocycles. The minimum atomic E-state index is -0.762. The summed E-state index contributed by atoms with van der Waals surface area (Å²) in [7, 11) is 5.69. The van der Waals surface area contributed by atoms with Crippen molar-refractivity contribution in [2.75, 3.05) is 44.4 Å². The Morgan fingerprint density at radius 2 is 2.03 bits per heavy atom. The average molecular weight is 500 g/mol. The van der Waals surface area contributed by atoms with Crippen LogP contribution in [0.2, 0.25) is 0 Å². The number of nitriles is 1. The molecule has 11 heteroatoms. The summed E-state index contributed by atoms with van der Waals surface area (Å²) < 4.78 is 17.9. The molecule has 3 aromatic rings. The standard InChI is InChI=1S/C26H25N7O4/c1-15-23(34)29-21-24(35-15)30-26(36-18-7-5-6-17(13-18)22-28-10-11-33(22)4)31-25(21)37-20-12-16(14-27)8-9-19(20)32(2)3/h5-9,12-13,15H,10-11H2,1-4H3,(H,29,34). The highest BCUT2D eigenvalue weighted by Gasteiger charge is 2.31. The Labute approximate surface area is 213 Å². The minimum absolute atomic E-state index is 0.0227. The van der Waals surface area contributed by atoms with Crippen LogP contribution in [-0.2, 0) is 4.79 Å². The van der Waals surface area contributed by atoms with E-state index in [-0.39, 0.29) is 29.4 Å². The molecule has 1 aromatic heterocycles. The molecule has 0 fully saturated rings. The number of amides is 1. The van der Waals surface area contributed by atoms with Crippen LogP contribution in [0.25, 0.3) is 0 Å². The number of anilines is 2. The number of rotatable bonds is 6. The first kappa shape index (κ1) is 23.9. The summed E-state index contributed by atoms with van der Waals surface area (Å²) in [6.07, 6.45) is -0.762. The van der Waals surface area contributed by atoms with Gasteiger partial charge < -0.3 is 29.3 Å². The van der Waals surface area contributed by atoms with E-state index in [9.17, 15) is 10.1 Å². The molecule has 11 nitrogen and oxygen atoms in total. The second kappa shape index (κ2) is 9.66. The van der Waals surface area contributed by atoms with Crippen molar-refractivity contribution in [3.05, 3.63) is 53.6 Å². The van der Waals surface area contributed by atoms with Gasteiger partial charge >= 0.3 is 6.01 Å². The van der Waals surface area contributed by atoms with Gasteiger partial charge in [-0.2, -0.15) is 15.2 Å². The number of aromatic nitrogens is 2. The van der Waals surface area contributed by atoms with Crippen LogP contribution in [0.15, 0.2) is 47.5 Å². The number of aliphatic imine (C=N–C) groups is 1. The van der Waals surface area contributed by atoms with Gasteiger partial charge in [0.25, 0.3) is 11.8 Å². The molecule has 0 spiro atoms. The molecular weight excluding hydrogens is 474 g/mol. The first-order chi connectivity index (χ1) is 17.8. The van der Waals surface area contributed by atoms with Crippen molar-refractivity contribution in [3.63, 3.8) is 0 Å². The molecule has 3 heterocycles. The summed E-state index contributed by atoms with van der Waals surface area (Å²) in [5.74, 6) is 1.53. The maximum absolute atomic E-state index is 12.4. The molecule has 0 radical (unpaired) electrons. The topological polar surface area (TPSA) is 125 Å². The summed E-state index contributed by atoms with van der Waals surface area (Å²) in [6.45, 7) is 3.22. The Morgan fingerprint density at radius 3 is 2.76 bits per heavy atom. The van der Waals surface area contributed by atoms with Crippen molar-refractivity contribution in [3.8, 4) is 35.3 Å². The number of hydrogen-bond donors (Lipinski definition) is 1. The summed E-state index contributed by atoms with van der Waals surface area (Å²) in [4.78, 5) is 29.6. The first-order valence-corrected chi connectivity index (χ1v) is 11.6. The van der Waals surface area contributed by atoms with Gasteiger partial charge in [-0.15, -0.1) is 0 Å². The predicted octanol–water partition coefficient (Wildman–Crippen LogP) is 3.41. The van der Waals surface area contributed by atoms with Gasteiger partial charge in [-0.05, 0) is 31.2 Å². The third kappa shape index (κ3) is 4.81. The Morgan fingerprint density at radius 1 is 1.19 bits per heavy atom. The molecule has 1 unspecified atom stereocenters. The fourth-order valence-corrected chi connectivity index (χ4v) is 3.95. The molecule has 37 heavy (non-hydrogen) atoms. The van der Waals surface area contributed by atoms with Crippen molar-refractivity contribution in [1.82, 2.24) is 14.9 Å². The summed E-state index contributed by atoms with van der Waals surface area (Å²) in [5, 5.41) is 12.1. The van der Waals surface area contributed by atoms with Gasteiger partial charge in [-0.25, -0.2) is 0 Å². The van der Waals surface area contributed by atoms with Crippen molar-refractivity contribution in [1.29, 1.82) is 5.26 Å². The zero-order valence-corrected chi connectivity index (χ0v) is 20.8. The third-order valence-electron chi connectivity index (χ3n) is 5.87. The highest BCUT2D eigenvalue weighted by atomic mass is 16.5. The van der Waals surface area contributed by atoms with Crippen molar-refractivity contribution in [2.24, 2.45) is 4.99 Å². The summed E-state index contributed by atoms with van der Waals surface area (Å²) in [5.41, 5.74) is 2.20. The molecule has 2 aliphatic rings. The SMILES string of the molecule is CC1Oc2nc(Oc3cccc(C4=NCCN4C)c3)nc(Oc3cc(C#N)ccc3N(C)C)c2NC1=O. The molecular formula is C26H25N7O4. The Kier molecular flexibility index (Phi) is 6.23. The van der Waals surface area contributed by atoms with E-state index in [1.807, 2.05) is 44.2 Å². The number of fused-ring (bicyclic) bond motifs is 1. The van der Waals surface area contributed by atoms with E-state index in [1.165, 1.54) is 0 Å². The number of benzene rings is 2. The molecule has 5 rings (SSSR count). The highest BCUT2D eigenvalue weighted by molar-refractivity contribution is 6.00. The quantitative estimate of drug-likeness (QED) is 0.543. The van der Waals surface area contributed by atoms with Crippen LogP contribution in [0.4, 0.5) is 11.4 Å². The molecule has 188 valence electrons. The van der Waals surface area contributed by atoms with E-state index < -0.39 is 6.10 Å². The van der Waals surface area contributed by atoms with Crippen LogP contribution in [-0.4, -0.2) is 66.9 Å². The molecule has 0 saturated carbocycles. The lowest BCUT2D eigenvalue weighted by molar-refractivity contribution is -0.122. The predicted molar refractivity (Wildman–Crippen MR) is 137 cm³/mol. The zero-order chi connectivity index (χ0) is 26.1. The van der Waals surface area contributed by atoms with Crippen molar-refractivity contribution < 1.29 is 19.0 Å². The number of carbonyl (C=O) groups is 1. The summed E-state index contributed by atoms with van der Waals surface area (Å²) >= 11 is 0. The van der Waals surface area contributed by atoms with Gasteiger partial charge in [0.2, 0.25) is 5.88 Å². The Hall–Kier alpha value is -4.85. The van der Waals surface area contributed by atoms with Crippen LogP contribution in [0.3, 0.4) is 0 Å². The molecule has 0 aliphatic carbocycles. The van der Waals surface area contributed by atoms with E-state index in [0.717, 1.165) is 24.5 Å². The number of likely N-dealkylation sites (N-methyl/N-ethyl adjacent to an activating group) is 1. The molecule has 1 amide bonds. The van der Waals surface area contributed by atoms with Gasteiger partial charge in [-0.1, -0.05) is 12.1 Å². The second-order valence-electron chi connectivity index (χ2n) is 8.79. The van der Waals surface area contributed by atoms with Gasteiger partial charge in [0.05, 0.1) is 23.9 Å². The van der Waals surface area contributed by atoms with E-state index >= 15 is 0 Å². The van der Waals surface area contributed by atoms with Crippen molar-refractivity contribution >= 4 is 23.1 Å². The fourth-order valence-electron chi connectivity index (χ4n) is 3.95. The highest BCUT2D eigenvalue weighted by Crippen LogP contribution is 2.41. The van der Waals surface area contributed by atoms with Crippen LogP contribution in [0.1, 0.15) is 18.1 Å². The maximum Gasteiger partial charge on any atom is 0.328 e. The molecule has 1 atom stereocenters. The number of amidine groups is 1. The largest absolute Gasteiger partial charge is 0.463 e. The van der Waals surface area contributed by atoms with Crippen LogP contribution < -0.4 is 24.4 Å². The zero-order valence-electron chi connectivity index (χ0n) is 20.8. The normalized spacial score (nSPS) is 16.2. The Balaban J connectivity index is 1.54. The smallest absolute Gasteiger partial charge is 0.328 e. The lowest BCUT2D eigenvalue weighted by Gasteiger charge is -2.24. The number of ether oxygens (including phenoxy) is 3. The first-order valence-electron chi connectivity index (χ1n) is 11.6. The van der Waals surface area contributed by atoms with Crippen molar-refractivity contribution in [2.45, 2.75) is 13.0 Å². The van der Waals surface area contributed by atoms with Gasteiger partial charge in [0.1, 0.15) is 11.6 Å². The monoisotopic (exact) mass is 499 g/mol. The van der Waals surface area contributed by atoms with E-state index in [1.54, 1.807) is 31.2 Å². The lowest BCUT2D eigenvalue weighted by Crippen LogP contribution is -2.35. The lowest BCUT2D eigenvalue weighted by atomic mass is 10.2. The second-order valence-corrected chi connectivity index (χ2v) is 8.79. The van der Waals surface area contributed by atoms with Crippen LogP contribution >= 0.6 is 0 Å². The number of hydrogen-bond acceptors (Lipinski definition) is 10. The maximum atomic E-state index is 12.4. The number of carbonyl (C=O) groups excluding carboxylic acids is 1. The fraction of sp³-hybridized carbons (Fsp3) is 0.269. The number of nitrogens with zero attached hydrogens (tertiary/aromatic N) is 6. The average Bonchev–Trinajstić information content (AvgIpc) is 3.31. The van der Waals surface area contributed by atoms with Crippen LogP contribution in [0, 0.1) is 11.3 Å². The Bertz CT molecular complexity index is 1450. The van der Waals surface area contributed by atoms with E-state index in [2.05, 4.69) is 31.2 Å². The molecule has 2 aromatic carbocycles. The summed E-state index contributed by atoms with van der Waals surface area (Å²) in [6, 6.07) is 14.6. The molecule has 0 bridgehead atoms. The molecule has 1 N–H and O–H groups in total. The van der Waals surface area contributed by atoms with Crippen LogP contribution in [0.5, 0.6) is 29.3 Å². The van der Waals surface area contributed by atoms with Gasteiger partial charge in [0, 0.05) is 39.3 Å².